The summed E-state index contributed by atoms with van der Waals surface area (Å²) in [5.41, 5.74) is 0. The zero-order valence-corrected chi connectivity index (χ0v) is 18.3. The lowest BCUT2D eigenvalue weighted by Gasteiger charge is -2.39. The highest BCUT2D eigenvalue weighted by Crippen LogP contribution is 2.22. The van der Waals surface area contributed by atoms with Crippen molar-refractivity contribution < 1.29 is 34.3 Å². The molecule has 0 spiro atoms. The van der Waals surface area contributed by atoms with E-state index in [2.05, 4.69) is 6.92 Å². The molecule has 0 bridgehead atoms. The van der Waals surface area contributed by atoms with Gasteiger partial charge in [-0.25, -0.2) is 0 Å². The Labute approximate surface area is 175 Å². The van der Waals surface area contributed by atoms with E-state index in [1.807, 2.05) is 0 Å². The van der Waals surface area contributed by atoms with Crippen molar-refractivity contribution in [2.45, 2.75) is 122 Å². The smallest absolute Gasteiger partial charge is 0.305 e. The average Bonchev–Trinajstić information content (AvgIpc) is 2.71. The van der Waals surface area contributed by atoms with Gasteiger partial charge in [-0.15, -0.1) is 0 Å². The molecule has 172 valence electrons. The largest absolute Gasteiger partial charge is 0.463 e. The second-order valence-corrected chi connectivity index (χ2v) is 7.94. The Morgan fingerprint density at radius 2 is 1.34 bits per heavy atom. The number of hydrogen-bond donors (Lipinski definition) is 3. The average molecular weight is 419 g/mol. The molecule has 0 aromatic carbocycles. The molecule has 5 atom stereocenters. The Balaban J connectivity index is 2.07. The fraction of sp³-hybridized carbons (Fsp3) is 0.955. The van der Waals surface area contributed by atoms with E-state index in [4.69, 9.17) is 14.2 Å². The van der Waals surface area contributed by atoms with E-state index in [-0.39, 0.29) is 19.2 Å². The lowest BCUT2D eigenvalue weighted by atomic mass is 9.99. The first-order chi connectivity index (χ1) is 14.0. The summed E-state index contributed by atoms with van der Waals surface area (Å²) in [6.07, 6.45) is 7.65. The predicted molar refractivity (Wildman–Crippen MR) is 110 cm³/mol. The first-order valence-corrected chi connectivity index (χ1v) is 11.5. The van der Waals surface area contributed by atoms with Crippen LogP contribution in [-0.4, -0.2) is 65.2 Å². The number of aliphatic hydroxyl groups excluding tert-OH is 3. The molecule has 0 aliphatic carbocycles. The van der Waals surface area contributed by atoms with Crippen LogP contribution in [0.5, 0.6) is 0 Å². The van der Waals surface area contributed by atoms with Crippen LogP contribution in [0.15, 0.2) is 0 Å². The summed E-state index contributed by atoms with van der Waals surface area (Å²) in [6.45, 7) is 4.08. The van der Waals surface area contributed by atoms with Gasteiger partial charge in [0.1, 0.15) is 31.0 Å². The number of aliphatic hydroxyl groups is 3. The normalized spacial score (nSPS) is 27.1. The van der Waals surface area contributed by atoms with Crippen LogP contribution in [0, 0.1) is 0 Å². The second-order valence-electron chi connectivity index (χ2n) is 7.94. The maximum atomic E-state index is 11.9. The summed E-state index contributed by atoms with van der Waals surface area (Å²) in [6, 6.07) is 0. The topological polar surface area (TPSA) is 105 Å². The van der Waals surface area contributed by atoms with E-state index in [0.717, 1.165) is 19.3 Å². The number of carbonyl (C=O) groups excluding carboxylic acids is 1. The van der Waals surface area contributed by atoms with Crippen LogP contribution in [0.25, 0.3) is 0 Å². The molecule has 1 unspecified atom stereocenters. The van der Waals surface area contributed by atoms with Gasteiger partial charge in [0.15, 0.2) is 6.29 Å². The van der Waals surface area contributed by atoms with E-state index >= 15 is 0 Å². The summed E-state index contributed by atoms with van der Waals surface area (Å²) in [5.74, 6) is -0.342. The van der Waals surface area contributed by atoms with E-state index in [1.54, 1.807) is 6.92 Å². The van der Waals surface area contributed by atoms with Crippen LogP contribution in [0.3, 0.4) is 0 Å². The van der Waals surface area contributed by atoms with Crippen LogP contribution in [0.2, 0.25) is 0 Å². The lowest BCUT2D eigenvalue weighted by Crippen LogP contribution is -2.59. The summed E-state index contributed by atoms with van der Waals surface area (Å²) in [5, 5.41) is 29.7. The highest BCUT2D eigenvalue weighted by molar-refractivity contribution is 5.69. The minimum Gasteiger partial charge on any atom is -0.463 e. The Hall–Kier alpha value is -0.730. The van der Waals surface area contributed by atoms with Gasteiger partial charge in [-0.05, 0) is 13.3 Å². The van der Waals surface area contributed by atoms with Crippen molar-refractivity contribution in [3.63, 3.8) is 0 Å². The van der Waals surface area contributed by atoms with Gasteiger partial charge in [0.05, 0.1) is 0 Å². The molecule has 1 heterocycles. The fourth-order valence-corrected chi connectivity index (χ4v) is 3.54. The van der Waals surface area contributed by atoms with Gasteiger partial charge in [-0.2, -0.15) is 0 Å². The Bertz CT molecular complexity index is 418. The molecule has 0 amide bonds. The molecule has 0 saturated carbocycles. The van der Waals surface area contributed by atoms with Crippen LogP contribution in [-0.2, 0) is 19.0 Å². The Morgan fingerprint density at radius 3 is 1.90 bits per heavy atom. The van der Waals surface area contributed by atoms with Gasteiger partial charge in [-0.1, -0.05) is 71.1 Å². The first kappa shape index (κ1) is 26.3. The molecule has 7 heteroatoms. The number of carbonyl (C=O) groups is 1. The molecule has 7 nitrogen and oxygen atoms in total. The molecule has 1 rings (SSSR count). The highest BCUT2D eigenvalue weighted by atomic mass is 16.7. The summed E-state index contributed by atoms with van der Waals surface area (Å²) in [7, 11) is 0. The number of hydrogen-bond acceptors (Lipinski definition) is 7. The van der Waals surface area contributed by atoms with Crippen molar-refractivity contribution in [1.29, 1.82) is 0 Å². The third-order valence-corrected chi connectivity index (χ3v) is 5.39. The molecule has 1 fully saturated rings. The molecule has 1 aliphatic heterocycles. The standard InChI is InChI=1S/C22H42O7/c1-3-5-6-7-8-9-10-11-12-13-14-15-18(23)28-16-17-19(24)20(25)21(26)22(29-17)27-4-2/h17,19-22,24-26H,3-16H2,1-2H3/t17-,19-,20+,21-,22?/m1/s1. The van der Waals surface area contributed by atoms with E-state index in [1.165, 1.54) is 51.4 Å². The van der Waals surface area contributed by atoms with Crippen molar-refractivity contribution in [2.75, 3.05) is 13.2 Å². The molecule has 3 N–H and O–H groups in total. The minimum atomic E-state index is -1.41. The number of esters is 1. The van der Waals surface area contributed by atoms with Crippen molar-refractivity contribution in [3.05, 3.63) is 0 Å². The van der Waals surface area contributed by atoms with E-state index in [9.17, 15) is 20.1 Å². The van der Waals surface area contributed by atoms with Gasteiger partial charge < -0.3 is 29.5 Å². The Kier molecular flexibility index (Phi) is 14.5. The molecule has 0 radical (unpaired) electrons. The number of rotatable bonds is 16. The monoisotopic (exact) mass is 418 g/mol. The Morgan fingerprint density at radius 1 is 0.793 bits per heavy atom. The van der Waals surface area contributed by atoms with Crippen molar-refractivity contribution in [1.82, 2.24) is 0 Å². The molecular weight excluding hydrogens is 376 g/mol. The molecule has 1 aliphatic rings. The van der Waals surface area contributed by atoms with Crippen molar-refractivity contribution in [3.8, 4) is 0 Å². The van der Waals surface area contributed by atoms with Gasteiger partial charge in [0.25, 0.3) is 0 Å². The molecular formula is C22H42O7. The number of ether oxygens (including phenoxy) is 3. The van der Waals surface area contributed by atoms with Gasteiger partial charge in [-0.3, -0.25) is 4.79 Å². The van der Waals surface area contributed by atoms with E-state index in [0.29, 0.717) is 6.42 Å². The van der Waals surface area contributed by atoms with Gasteiger partial charge in [0, 0.05) is 13.0 Å². The summed E-state index contributed by atoms with van der Waals surface area (Å²) < 4.78 is 15.8. The number of unbranched alkanes of at least 4 members (excludes halogenated alkanes) is 10. The van der Waals surface area contributed by atoms with Crippen LogP contribution < -0.4 is 0 Å². The first-order valence-electron chi connectivity index (χ1n) is 11.5. The SMILES string of the molecule is CCCCCCCCCCCCCC(=O)OC[C@H]1OC(OCC)[C@H](O)[C@@H](O)[C@@H]1O. The second kappa shape index (κ2) is 16.0. The predicted octanol–water partition coefficient (Wildman–Crippen LogP) is 3.07. The van der Waals surface area contributed by atoms with Crippen LogP contribution in [0.1, 0.15) is 90.9 Å². The van der Waals surface area contributed by atoms with Crippen LogP contribution in [0.4, 0.5) is 0 Å². The third-order valence-electron chi connectivity index (χ3n) is 5.39. The molecule has 1 saturated heterocycles. The minimum absolute atomic E-state index is 0.175. The summed E-state index contributed by atoms with van der Waals surface area (Å²) >= 11 is 0. The van der Waals surface area contributed by atoms with Gasteiger partial charge in [0.2, 0.25) is 0 Å². The highest BCUT2D eigenvalue weighted by Gasteiger charge is 2.44. The molecule has 0 aromatic heterocycles. The lowest BCUT2D eigenvalue weighted by molar-refractivity contribution is -0.300. The summed E-state index contributed by atoms with van der Waals surface area (Å²) in [4.78, 5) is 11.9. The quantitative estimate of drug-likeness (QED) is 0.261. The third kappa shape index (κ3) is 10.7. The van der Waals surface area contributed by atoms with Crippen LogP contribution >= 0.6 is 0 Å². The van der Waals surface area contributed by atoms with E-state index < -0.39 is 30.7 Å². The zero-order chi connectivity index (χ0) is 21.5. The van der Waals surface area contributed by atoms with Crippen molar-refractivity contribution >= 4 is 5.97 Å². The fourth-order valence-electron chi connectivity index (χ4n) is 3.54. The van der Waals surface area contributed by atoms with Crippen molar-refractivity contribution in [2.24, 2.45) is 0 Å². The molecule has 29 heavy (non-hydrogen) atoms. The molecule has 0 aromatic rings. The zero-order valence-electron chi connectivity index (χ0n) is 18.3. The van der Waals surface area contributed by atoms with Gasteiger partial charge >= 0.3 is 5.97 Å². The maximum Gasteiger partial charge on any atom is 0.305 e. The maximum absolute atomic E-state index is 11.9.